The molecule has 0 spiro atoms. The lowest BCUT2D eigenvalue weighted by molar-refractivity contribution is -0.115. The Balaban J connectivity index is 1.74. The van der Waals surface area contributed by atoms with Gasteiger partial charge in [0, 0.05) is 0 Å². The summed E-state index contributed by atoms with van der Waals surface area (Å²) in [6.07, 6.45) is 0. The molecular formula is C24H26N2O3. The molecule has 0 aliphatic heterocycles. The zero-order chi connectivity index (χ0) is 20.6. The van der Waals surface area contributed by atoms with Gasteiger partial charge in [0.1, 0.15) is 11.5 Å². The molecule has 5 heteroatoms. The topological polar surface area (TPSA) is 59.6 Å². The fourth-order valence-electron chi connectivity index (χ4n) is 3.18. The maximum absolute atomic E-state index is 12.6. The Morgan fingerprint density at radius 2 is 1.59 bits per heavy atom. The van der Waals surface area contributed by atoms with Crippen molar-refractivity contribution in [3.05, 3.63) is 89.5 Å². The SMILES string of the molecule is COc1ccc(C(NCC(=O)Nc2cc(C)ccc2OC)c2ccccc2)cc1. The zero-order valence-electron chi connectivity index (χ0n) is 16.9. The monoisotopic (exact) mass is 390 g/mol. The van der Waals surface area contributed by atoms with Gasteiger partial charge in [0.25, 0.3) is 0 Å². The molecule has 29 heavy (non-hydrogen) atoms. The molecule has 3 aromatic rings. The Kier molecular flexibility index (Phi) is 6.87. The molecule has 0 aliphatic carbocycles. The number of hydrogen-bond acceptors (Lipinski definition) is 4. The smallest absolute Gasteiger partial charge is 0.238 e. The van der Waals surface area contributed by atoms with E-state index in [1.165, 1.54) is 0 Å². The number of carbonyl (C=O) groups excluding carboxylic acids is 1. The summed E-state index contributed by atoms with van der Waals surface area (Å²) in [4.78, 5) is 12.6. The predicted octanol–water partition coefficient (Wildman–Crippen LogP) is 4.33. The molecule has 0 bridgehead atoms. The van der Waals surface area contributed by atoms with Crippen molar-refractivity contribution in [1.82, 2.24) is 5.32 Å². The molecule has 1 atom stereocenters. The average molecular weight is 390 g/mol. The summed E-state index contributed by atoms with van der Waals surface area (Å²) < 4.78 is 10.6. The zero-order valence-corrected chi connectivity index (χ0v) is 16.9. The second kappa shape index (κ2) is 9.75. The van der Waals surface area contributed by atoms with E-state index in [4.69, 9.17) is 9.47 Å². The molecule has 1 amide bonds. The molecule has 3 rings (SSSR count). The quantitative estimate of drug-likeness (QED) is 0.601. The van der Waals surface area contributed by atoms with Crippen LogP contribution in [0.3, 0.4) is 0 Å². The number of ether oxygens (including phenoxy) is 2. The van der Waals surface area contributed by atoms with Crippen molar-refractivity contribution in [2.45, 2.75) is 13.0 Å². The van der Waals surface area contributed by atoms with Gasteiger partial charge < -0.3 is 14.8 Å². The van der Waals surface area contributed by atoms with Gasteiger partial charge in [-0.3, -0.25) is 10.1 Å². The van der Waals surface area contributed by atoms with Crippen LogP contribution in [-0.2, 0) is 4.79 Å². The number of amides is 1. The van der Waals surface area contributed by atoms with E-state index in [2.05, 4.69) is 10.6 Å². The minimum Gasteiger partial charge on any atom is -0.497 e. The van der Waals surface area contributed by atoms with Gasteiger partial charge in [-0.15, -0.1) is 0 Å². The minimum absolute atomic E-state index is 0.118. The van der Waals surface area contributed by atoms with Crippen LogP contribution < -0.4 is 20.1 Å². The summed E-state index contributed by atoms with van der Waals surface area (Å²) in [6.45, 7) is 2.13. The van der Waals surface area contributed by atoms with Gasteiger partial charge >= 0.3 is 0 Å². The molecule has 1 unspecified atom stereocenters. The highest BCUT2D eigenvalue weighted by Crippen LogP contribution is 2.26. The van der Waals surface area contributed by atoms with Crippen LogP contribution in [0.5, 0.6) is 11.5 Å². The molecular weight excluding hydrogens is 364 g/mol. The van der Waals surface area contributed by atoms with Gasteiger partial charge in [-0.05, 0) is 47.9 Å². The Morgan fingerprint density at radius 1 is 0.897 bits per heavy atom. The van der Waals surface area contributed by atoms with Crippen molar-refractivity contribution in [2.24, 2.45) is 0 Å². The number of carbonyl (C=O) groups is 1. The summed E-state index contributed by atoms with van der Waals surface area (Å²) >= 11 is 0. The lowest BCUT2D eigenvalue weighted by Gasteiger charge is -2.20. The summed E-state index contributed by atoms with van der Waals surface area (Å²) in [5.41, 5.74) is 3.85. The Hall–Kier alpha value is -3.31. The largest absolute Gasteiger partial charge is 0.497 e. The third-order valence-corrected chi connectivity index (χ3v) is 4.68. The lowest BCUT2D eigenvalue weighted by Crippen LogP contribution is -2.32. The second-order valence-electron chi connectivity index (χ2n) is 6.75. The van der Waals surface area contributed by atoms with Crippen LogP contribution in [0.15, 0.2) is 72.8 Å². The normalized spacial score (nSPS) is 11.6. The first-order chi connectivity index (χ1) is 14.1. The highest BCUT2D eigenvalue weighted by Gasteiger charge is 2.16. The van der Waals surface area contributed by atoms with E-state index < -0.39 is 0 Å². The molecule has 0 radical (unpaired) electrons. The average Bonchev–Trinajstić information content (AvgIpc) is 2.75. The standard InChI is InChI=1S/C24H26N2O3/c1-17-9-14-22(29-3)21(15-17)26-23(27)16-25-24(18-7-5-4-6-8-18)19-10-12-20(28-2)13-11-19/h4-15,24-25H,16H2,1-3H3,(H,26,27). The van der Waals surface area contributed by atoms with Crippen molar-refractivity contribution < 1.29 is 14.3 Å². The highest BCUT2D eigenvalue weighted by atomic mass is 16.5. The Bertz CT molecular complexity index is 940. The molecule has 0 aliphatic rings. The number of hydrogen-bond donors (Lipinski definition) is 2. The van der Waals surface area contributed by atoms with Crippen LogP contribution >= 0.6 is 0 Å². The van der Waals surface area contributed by atoms with E-state index in [0.717, 1.165) is 22.4 Å². The van der Waals surface area contributed by atoms with Crippen LogP contribution in [0.2, 0.25) is 0 Å². The fraction of sp³-hybridized carbons (Fsp3) is 0.208. The Morgan fingerprint density at radius 3 is 2.24 bits per heavy atom. The van der Waals surface area contributed by atoms with E-state index in [9.17, 15) is 4.79 Å². The molecule has 0 aromatic heterocycles. The first kappa shape index (κ1) is 20.4. The fourth-order valence-corrected chi connectivity index (χ4v) is 3.18. The molecule has 0 saturated carbocycles. The second-order valence-corrected chi connectivity index (χ2v) is 6.75. The third kappa shape index (κ3) is 5.36. The molecule has 0 fully saturated rings. The van der Waals surface area contributed by atoms with E-state index in [-0.39, 0.29) is 18.5 Å². The van der Waals surface area contributed by atoms with Gasteiger partial charge in [0.05, 0.1) is 32.5 Å². The van der Waals surface area contributed by atoms with Crippen LogP contribution in [0.25, 0.3) is 0 Å². The molecule has 0 saturated heterocycles. The molecule has 2 N–H and O–H groups in total. The number of aryl methyl sites for hydroxylation is 1. The van der Waals surface area contributed by atoms with E-state index in [1.807, 2.05) is 79.7 Å². The summed E-state index contributed by atoms with van der Waals surface area (Å²) in [5, 5.41) is 6.30. The summed E-state index contributed by atoms with van der Waals surface area (Å²) in [7, 11) is 3.24. The highest BCUT2D eigenvalue weighted by molar-refractivity contribution is 5.93. The van der Waals surface area contributed by atoms with Crippen molar-refractivity contribution in [1.29, 1.82) is 0 Å². The maximum atomic E-state index is 12.6. The van der Waals surface area contributed by atoms with E-state index >= 15 is 0 Å². The lowest BCUT2D eigenvalue weighted by atomic mass is 9.98. The summed E-state index contributed by atoms with van der Waals surface area (Å²) in [6, 6.07) is 23.5. The van der Waals surface area contributed by atoms with Crippen molar-refractivity contribution in [3.8, 4) is 11.5 Å². The first-order valence-electron chi connectivity index (χ1n) is 9.47. The van der Waals surface area contributed by atoms with Gasteiger partial charge in [-0.2, -0.15) is 0 Å². The number of nitrogens with one attached hydrogen (secondary N) is 2. The number of benzene rings is 3. The van der Waals surface area contributed by atoms with Gasteiger partial charge in [-0.1, -0.05) is 48.5 Å². The third-order valence-electron chi connectivity index (χ3n) is 4.68. The van der Waals surface area contributed by atoms with E-state index in [0.29, 0.717) is 11.4 Å². The predicted molar refractivity (Wildman–Crippen MR) is 116 cm³/mol. The summed E-state index contributed by atoms with van der Waals surface area (Å²) in [5.74, 6) is 1.30. The molecule has 3 aromatic carbocycles. The van der Waals surface area contributed by atoms with Crippen LogP contribution in [-0.4, -0.2) is 26.7 Å². The van der Waals surface area contributed by atoms with Gasteiger partial charge in [-0.25, -0.2) is 0 Å². The van der Waals surface area contributed by atoms with Crippen LogP contribution in [0.4, 0.5) is 5.69 Å². The van der Waals surface area contributed by atoms with Gasteiger partial charge in [0.2, 0.25) is 5.91 Å². The van der Waals surface area contributed by atoms with Crippen molar-refractivity contribution in [2.75, 3.05) is 26.1 Å². The molecule has 0 heterocycles. The first-order valence-corrected chi connectivity index (χ1v) is 9.47. The van der Waals surface area contributed by atoms with Crippen LogP contribution in [0.1, 0.15) is 22.7 Å². The number of rotatable bonds is 8. The van der Waals surface area contributed by atoms with Gasteiger partial charge in [0.15, 0.2) is 0 Å². The van der Waals surface area contributed by atoms with E-state index in [1.54, 1.807) is 14.2 Å². The maximum Gasteiger partial charge on any atom is 0.238 e. The number of anilines is 1. The Labute approximate surface area is 171 Å². The molecule has 150 valence electrons. The van der Waals surface area contributed by atoms with Crippen molar-refractivity contribution >= 4 is 11.6 Å². The number of methoxy groups -OCH3 is 2. The minimum atomic E-state index is -0.136. The van der Waals surface area contributed by atoms with Crippen LogP contribution in [0, 0.1) is 6.92 Å². The molecule has 5 nitrogen and oxygen atoms in total. The van der Waals surface area contributed by atoms with Crippen molar-refractivity contribution in [3.63, 3.8) is 0 Å².